The van der Waals surface area contributed by atoms with Crippen LogP contribution in [0.1, 0.15) is 32.3 Å². The molecule has 2 N–H and O–H groups in total. The molecular formula is C22H27ClN4O4S. The third kappa shape index (κ3) is 5.23. The Balaban J connectivity index is 1.69. The maximum Gasteiger partial charge on any atom is 0.258 e. The summed E-state index contributed by atoms with van der Waals surface area (Å²) < 4.78 is 27.1. The van der Waals surface area contributed by atoms with Crippen molar-refractivity contribution in [2.45, 2.75) is 37.6 Å². The molecule has 2 aromatic carbocycles. The number of sulfonamides is 1. The van der Waals surface area contributed by atoms with Gasteiger partial charge < -0.3 is 10.0 Å². The van der Waals surface area contributed by atoms with E-state index in [1.54, 1.807) is 12.1 Å². The van der Waals surface area contributed by atoms with Crippen molar-refractivity contribution in [1.82, 2.24) is 9.73 Å². The summed E-state index contributed by atoms with van der Waals surface area (Å²) in [5.74, 6) is -0.476. The van der Waals surface area contributed by atoms with Crippen LogP contribution in [0.25, 0.3) is 0 Å². The summed E-state index contributed by atoms with van der Waals surface area (Å²) in [7, 11) is -3.83. The highest BCUT2D eigenvalue weighted by Crippen LogP contribution is 2.27. The Kier molecular flexibility index (Phi) is 7.76. The lowest BCUT2D eigenvalue weighted by Crippen LogP contribution is -2.44. The van der Waals surface area contributed by atoms with Crippen molar-refractivity contribution in [2.75, 3.05) is 24.5 Å². The Morgan fingerprint density at radius 3 is 2.56 bits per heavy atom. The van der Waals surface area contributed by atoms with Crippen molar-refractivity contribution in [3.05, 3.63) is 53.1 Å². The number of halogens is 1. The molecule has 1 aliphatic heterocycles. The number of rotatable bonds is 8. The number of phenols is 1. The number of nitrogens with zero attached hydrogens (tertiary/aromatic N) is 3. The molecule has 1 aliphatic rings. The summed E-state index contributed by atoms with van der Waals surface area (Å²) in [6, 6.07) is 10.2. The van der Waals surface area contributed by atoms with Crippen molar-refractivity contribution >= 4 is 39.4 Å². The van der Waals surface area contributed by atoms with E-state index in [1.807, 2.05) is 19.9 Å². The molecule has 0 unspecified atom stereocenters. The van der Waals surface area contributed by atoms with Crippen LogP contribution in [0, 0.1) is 0 Å². The van der Waals surface area contributed by atoms with Gasteiger partial charge in [0.15, 0.2) is 0 Å². The monoisotopic (exact) mass is 478 g/mol. The van der Waals surface area contributed by atoms with E-state index in [0.29, 0.717) is 23.4 Å². The maximum absolute atomic E-state index is 13.0. The van der Waals surface area contributed by atoms with E-state index in [2.05, 4.69) is 15.4 Å². The fraction of sp³-hybridized carbons (Fsp3) is 0.364. The molecule has 0 bridgehead atoms. The first-order valence-corrected chi connectivity index (χ1v) is 12.3. The van der Waals surface area contributed by atoms with Crippen molar-refractivity contribution < 1.29 is 18.3 Å². The first-order valence-electron chi connectivity index (χ1n) is 10.5. The minimum Gasteiger partial charge on any atom is -0.507 e. The first kappa shape index (κ1) is 24.0. The number of anilines is 1. The molecule has 0 saturated carbocycles. The number of nitrogens with one attached hydrogen (secondary N) is 1. The summed E-state index contributed by atoms with van der Waals surface area (Å²) in [4.78, 5) is 14.8. The van der Waals surface area contributed by atoms with Gasteiger partial charge in [-0.15, -0.1) is 0 Å². The van der Waals surface area contributed by atoms with Gasteiger partial charge in [-0.3, -0.25) is 4.79 Å². The molecule has 32 heavy (non-hydrogen) atoms. The molecule has 1 heterocycles. The van der Waals surface area contributed by atoms with Crippen LogP contribution in [0.15, 0.2) is 52.5 Å². The third-order valence-corrected chi connectivity index (χ3v) is 7.62. The fourth-order valence-corrected chi connectivity index (χ4v) is 5.48. The minimum absolute atomic E-state index is 0.0419. The summed E-state index contributed by atoms with van der Waals surface area (Å²) in [5, 5.41) is 14.6. The van der Waals surface area contributed by atoms with Gasteiger partial charge in [-0.2, -0.15) is 9.41 Å². The lowest BCUT2D eigenvalue weighted by Gasteiger charge is -2.22. The topological polar surface area (TPSA) is 102 Å². The van der Waals surface area contributed by atoms with Gasteiger partial charge in [-0.05, 0) is 63.1 Å². The predicted octanol–water partition coefficient (Wildman–Crippen LogP) is 3.20. The number of hydrogen-bond donors (Lipinski definition) is 2. The molecule has 0 spiro atoms. The van der Waals surface area contributed by atoms with Crippen LogP contribution < -0.4 is 10.3 Å². The van der Waals surface area contributed by atoms with E-state index in [9.17, 15) is 18.3 Å². The van der Waals surface area contributed by atoms with Crippen molar-refractivity contribution in [3.8, 4) is 5.75 Å². The summed E-state index contributed by atoms with van der Waals surface area (Å²) in [6.07, 6.45) is 2.31. The van der Waals surface area contributed by atoms with Crippen molar-refractivity contribution in [1.29, 1.82) is 0 Å². The van der Waals surface area contributed by atoms with Crippen LogP contribution in [-0.2, 0) is 14.8 Å². The van der Waals surface area contributed by atoms with Crippen LogP contribution >= 0.6 is 11.6 Å². The smallest absolute Gasteiger partial charge is 0.258 e. The Labute approximate surface area is 193 Å². The Morgan fingerprint density at radius 2 is 1.94 bits per heavy atom. The van der Waals surface area contributed by atoms with Crippen LogP contribution in [0.4, 0.5) is 5.69 Å². The average Bonchev–Trinajstić information content (AvgIpc) is 3.27. The van der Waals surface area contributed by atoms with Crippen molar-refractivity contribution in [2.24, 2.45) is 5.10 Å². The number of aromatic hydroxyl groups is 1. The zero-order valence-electron chi connectivity index (χ0n) is 18.0. The number of phenolic OH excluding ortho intramolecular Hbond substituents is 1. The molecule has 0 aliphatic carbocycles. The van der Waals surface area contributed by atoms with E-state index in [1.165, 1.54) is 34.8 Å². The van der Waals surface area contributed by atoms with Gasteiger partial charge in [0.05, 0.1) is 11.1 Å². The molecule has 8 nitrogen and oxygen atoms in total. The highest BCUT2D eigenvalue weighted by Gasteiger charge is 2.39. The zero-order valence-corrected chi connectivity index (χ0v) is 19.6. The van der Waals surface area contributed by atoms with E-state index in [-0.39, 0.29) is 17.2 Å². The molecule has 0 aromatic heterocycles. The second-order valence-electron chi connectivity index (χ2n) is 7.38. The predicted molar refractivity (Wildman–Crippen MR) is 126 cm³/mol. The number of amides is 1. The van der Waals surface area contributed by atoms with Gasteiger partial charge in [0.2, 0.25) is 10.0 Å². The summed E-state index contributed by atoms with van der Waals surface area (Å²) in [5.41, 5.74) is 3.74. The lowest BCUT2D eigenvalue weighted by atomic mass is 10.2. The van der Waals surface area contributed by atoms with Gasteiger partial charge in [-0.25, -0.2) is 13.8 Å². The van der Waals surface area contributed by atoms with Crippen molar-refractivity contribution in [3.63, 3.8) is 0 Å². The maximum atomic E-state index is 13.0. The summed E-state index contributed by atoms with van der Waals surface area (Å²) in [6.45, 7) is 5.95. The summed E-state index contributed by atoms with van der Waals surface area (Å²) >= 11 is 5.85. The minimum atomic E-state index is -3.83. The van der Waals surface area contributed by atoms with Gasteiger partial charge in [0.1, 0.15) is 11.8 Å². The van der Waals surface area contributed by atoms with Gasteiger partial charge in [0, 0.05) is 42.0 Å². The molecule has 2 aromatic rings. The molecule has 1 amide bonds. The lowest BCUT2D eigenvalue weighted by molar-refractivity contribution is -0.124. The van der Waals surface area contributed by atoms with Gasteiger partial charge in [0.25, 0.3) is 5.91 Å². The third-order valence-electron chi connectivity index (χ3n) is 5.45. The normalized spacial score (nSPS) is 17.0. The van der Waals surface area contributed by atoms with Gasteiger partial charge >= 0.3 is 0 Å². The molecule has 10 heteroatoms. The number of carbonyl (C=O) groups is 1. The standard InChI is InChI=1S/C22H27ClN4O4S/c1-3-26(4-2)18-10-7-16(21(28)14-18)15-24-25-22(29)20-6-5-13-27(20)32(30,31)19-11-8-17(23)9-12-19/h7-12,14-15,20,28H,3-6,13H2,1-2H3,(H,25,29)/b24-15-/t20-/m1/s1. The quantitative estimate of drug-likeness (QED) is 0.448. The SMILES string of the molecule is CCN(CC)c1ccc(/C=N\NC(=O)[C@H]2CCCN2S(=O)(=O)c2ccc(Cl)cc2)c(O)c1. The Morgan fingerprint density at radius 1 is 1.25 bits per heavy atom. The Bertz CT molecular complexity index is 1090. The number of carbonyl (C=O) groups excluding carboxylic acids is 1. The largest absolute Gasteiger partial charge is 0.507 e. The highest BCUT2D eigenvalue weighted by molar-refractivity contribution is 7.89. The van der Waals surface area contributed by atoms with Crippen LogP contribution in [0.3, 0.4) is 0 Å². The number of hydrazone groups is 1. The van der Waals surface area contributed by atoms with Gasteiger partial charge in [-0.1, -0.05) is 11.6 Å². The molecule has 0 radical (unpaired) electrons. The zero-order chi connectivity index (χ0) is 23.3. The first-order chi connectivity index (χ1) is 15.3. The van der Waals surface area contributed by atoms with E-state index in [4.69, 9.17) is 11.6 Å². The molecule has 1 saturated heterocycles. The number of benzene rings is 2. The molecular weight excluding hydrogens is 452 g/mol. The second kappa shape index (κ2) is 10.3. The van der Waals surface area contributed by atoms with E-state index >= 15 is 0 Å². The van der Waals surface area contributed by atoms with Crippen LogP contribution in [0.5, 0.6) is 5.75 Å². The molecule has 172 valence electrons. The molecule has 1 atom stereocenters. The van der Waals surface area contributed by atoms with E-state index < -0.39 is 22.0 Å². The van der Waals surface area contributed by atoms with Crippen LogP contribution in [0.2, 0.25) is 5.02 Å². The molecule has 1 fully saturated rings. The highest BCUT2D eigenvalue weighted by atomic mass is 35.5. The second-order valence-corrected chi connectivity index (χ2v) is 9.70. The van der Waals surface area contributed by atoms with Crippen LogP contribution in [-0.4, -0.2) is 55.6 Å². The molecule has 3 rings (SSSR count). The Hall–Kier alpha value is -2.62. The van der Waals surface area contributed by atoms with E-state index in [0.717, 1.165) is 18.8 Å². The average molecular weight is 479 g/mol. The number of hydrogen-bond acceptors (Lipinski definition) is 6. The fourth-order valence-electron chi connectivity index (χ4n) is 3.70.